The Balaban J connectivity index is 2.02. The van der Waals surface area contributed by atoms with Crippen LogP contribution in [0.1, 0.15) is 29.9 Å². The van der Waals surface area contributed by atoms with E-state index in [4.69, 9.17) is 14.2 Å². The van der Waals surface area contributed by atoms with Gasteiger partial charge in [-0.2, -0.15) is 0 Å². The van der Waals surface area contributed by atoms with Gasteiger partial charge >= 0.3 is 12.0 Å². The predicted octanol–water partition coefficient (Wildman–Crippen LogP) is 1.65. The molecule has 2 aromatic rings. The molecule has 2 heterocycles. The number of nitrogens with zero attached hydrogens (tertiary/aromatic N) is 2. The van der Waals surface area contributed by atoms with Crippen LogP contribution in [0.3, 0.4) is 0 Å². The summed E-state index contributed by atoms with van der Waals surface area (Å²) in [7, 11) is 4.40. The molecule has 0 unspecified atom stereocenters. The number of para-hydroxylation sites is 1. The maximum atomic E-state index is 13.0. The molecular formula is C19H24N4O5. The normalized spacial score (nSPS) is 16.7. The van der Waals surface area contributed by atoms with Crippen molar-refractivity contribution in [1.29, 1.82) is 0 Å². The lowest BCUT2D eigenvalue weighted by Crippen LogP contribution is -2.50. The standard InChI is InChI=1S/C19H24N4O5/c1-11(18(24)28-4)22-19(25)23-9-8-13-15(21-10-20-13)16(23)12-6-5-7-14(26-2)17(12)27-3/h5-7,10-11,16H,8-9H2,1-4H3,(H,20,21)(H,22,25)/t11-,16-/m0/s1. The number of amides is 2. The molecule has 0 spiro atoms. The number of carbonyl (C=O) groups is 2. The monoisotopic (exact) mass is 388 g/mol. The third-order valence-electron chi connectivity index (χ3n) is 4.81. The molecule has 9 heteroatoms. The third kappa shape index (κ3) is 3.47. The van der Waals surface area contributed by atoms with Crippen molar-refractivity contribution in [1.82, 2.24) is 20.2 Å². The average Bonchev–Trinajstić information content (AvgIpc) is 3.20. The van der Waals surface area contributed by atoms with Gasteiger partial charge in [-0.3, -0.25) is 0 Å². The Morgan fingerprint density at radius 3 is 2.75 bits per heavy atom. The number of urea groups is 1. The molecule has 0 saturated carbocycles. The summed E-state index contributed by atoms with van der Waals surface area (Å²) in [6.45, 7) is 2.02. The van der Waals surface area contributed by atoms with Crippen LogP contribution in [0.5, 0.6) is 11.5 Å². The number of aromatic amines is 1. The fraction of sp³-hybridized carbons (Fsp3) is 0.421. The van der Waals surface area contributed by atoms with E-state index in [1.54, 1.807) is 38.4 Å². The van der Waals surface area contributed by atoms with Gasteiger partial charge in [0.2, 0.25) is 0 Å². The molecule has 0 radical (unpaired) electrons. The fourth-order valence-corrected chi connectivity index (χ4v) is 3.44. The van der Waals surface area contributed by atoms with Gasteiger partial charge in [0.15, 0.2) is 11.5 Å². The summed E-state index contributed by atoms with van der Waals surface area (Å²) in [6, 6.07) is 3.85. The van der Waals surface area contributed by atoms with Crippen LogP contribution in [-0.4, -0.2) is 60.8 Å². The van der Waals surface area contributed by atoms with E-state index in [0.717, 1.165) is 17.0 Å². The highest BCUT2D eigenvalue weighted by atomic mass is 16.5. The van der Waals surface area contributed by atoms with Crippen molar-refractivity contribution in [3.05, 3.63) is 41.5 Å². The number of imidazole rings is 1. The minimum absolute atomic E-state index is 0.388. The van der Waals surface area contributed by atoms with Crippen molar-refractivity contribution < 1.29 is 23.8 Å². The molecule has 9 nitrogen and oxygen atoms in total. The molecule has 2 N–H and O–H groups in total. The molecule has 150 valence electrons. The largest absolute Gasteiger partial charge is 0.493 e. The Kier molecular flexibility index (Phi) is 5.72. The molecule has 0 aliphatic carbocycles. The summed E-state index contributed by atoms with van der Waals surface area (Å²) in [5.41, 5.74) is 2.44. The van der Waals surface area contributed by atoms with Crippen molar-refractivity contribution >= 4 is 12.0 Å². The highest BCUT2D eigenvalue weighted by Gasteiger charge is 2.37. The van der Waals surface area contributed by atoms with E-state index in [1.807, 2.05) is 12.1 Å². The highest BCUT2D eigenvalue weighted by Crippen LogP contribution is 2.41. The number of methoxy groups -OCH3 is 3. The van der Waals surface area contributed by atoms with Gasteiger partial charge in [0.25, 0.3) is 0 Å². The maximum absolute atomic E-state index is 13.0. The van der Waals surface area contributed by atoms with E-state index in [9.17, 15) is 9.59 Å². The summed E-state index contributed by atoms with van der Waals surface area (Å²) < 4.78 is 15.7. The van der Waals surface area contributed by atoms with Crippen LogP contribution >= 0.6 is 0 Å². The van der Waals surface area contributed by atoms with E-state index in [2.05, 4.69) is 15.3 Å². The van der Waals surface area contributed by atoms with Crippen LogP contribution in [0, 0.1) is 0 Å². The minimum atomic E-state index is -0.772. The number of nitrogens with one attached hydrogen (secondary N) is 2. The molecule has 2 atom stereocenters. The first kappa shape index (κ1) is 19.5. The molecule has 0 saturated heterocycles. The molecule has 0 bridgehead atoms. The van der Waals surface area contributed by atoms with Gasteiger partial charge in [0.1, 0.15) is 12.1 Å². The van der Waals surface area contributed by atoms with Crippen molar-refractivity contribution in [2.45, 2.75) is 25.4 Å². The number of rotatable bonds is 5. The molecule has 1 aromatic heterocycles. The fourth-order valence-electron chi connectivity index (χ4n) is 3.44. The zero-order valence-corrected chi connectivity index (χ0v) is 16.3. The van der Waals surface area contributed by atoms with E-state index >= 15 is 0 Å². The molecule has 1 aliphatic rings. The molecule has 3 rings (SSSR count). The van der Waals surface area contributed by atoms with Gasteiger partial charge in [-0.1, -0.05) is 12.1 Å². The number of benzene rings is 1. The van der Waals surface area contributed by atoms with Crippen LogP contribution in [0.4, 0.5) is 4.79 Å². The topological polar surface area (TPSA) is 106 Å². The Hall–Kier alpha value is -3.23. The van der Waals surface area contributed by atoms with Crippen molar-refractivity contribution in [3.8, 4) is 11.5 Å². The lowest BCUT2D eigenvalue weighted by Gasteiger charge is -2.36. The zero-order chi connectivity index (χ0) is 20.3. The van der Waals surface area contributed by atoms with Gasteiger partial charge < -0.3 is 29.4 Å². The molecule has 1 aromatic carbocycles. The summed E-state index contributed by atoms with van der Waals surface area (Å²) in [5, 5.41) is 2.69. The van der Waals surface area contributed by atoms with Crippen molar-refractivity contribution in [2.24, 2.45) is 0 Å². The third-order valence-corrected chi connectivity index (χ3v) is 4.81. The van der Waals surface area contributed by atoms with Gasteiger partial charge in [-0.05, 0) is 13.0 Å². The summed E-state index contributed by atoms with van der Waals surface area (Å²) in [4.78, 5) is 33.9. The second-order valence-electron chi connectivity index (χ2n) is 6.39. The Morgan fingerprint density at radius 1 is 1.29 bits per heavy atom. The van der Waals surface area contributed by atoms with Gasteiger partial charge in [0, 0.05) is 24.2 Å². The molecule has 0 fully saturated rings. The number of aromatic nitrogens is 2. The highest BCUT2D eigenvalue weighted by molar-refractivity contribution is 5.84. The quantitative estimate of drug-likeness (QED) is 0.755. The number of carbonyl (C=O) groups excluding carboxylic acids is 2. The Morgan fingerprint density at radius 2 is 2.07 bits per heavy atom. The van der Waals surface area contributed by atoms with E-state index in [-0.39, 0.29) is 6.03 Å². The number of H-pyrrole nitrogens is 1. The van der Waals surface area contributed by atoms with Gasteiger partial charge in [-0.25, -0.2) is 14.6 Å². The van der Waals surface area contributed by atoms with Crippen LogP contribution in [0.15, 0.2) is 24.5 Å². The smallest absolute Gasteiger partial charge is 0.328 e. The lowest BCUT2D eigenvalue weighted by molar-refractivity contribution is -0.142. The first-order valence-corrected chi connectivity index (χ1v) is 8.89. The molecule has 2 amide bonds. The van der Waals surface area contributed by atoms with E-state index in [0.29, 0.717) is 24.5 Å². The lowest BCUT2D eigenvalue weighted by atomic mass is 9.95. The number of ether oxygens (including phenoxy) is 3. The predicted molar refractivity (Wildman–Crippen MR) is 100 cm³/mol. The number of fused-ring (bicyclic) bond motifs is 1. The number of hydrogen-bond donors (Lipinski definition) is 2. The van der Waals surface area contributed by atoms with Crippen LogP contribution in [0.2, 0.25) is 0 Å². The Labute approximate surface area is 163 Å². The number of hydrogen-bond acceptors (Lipinski definition) is 6. The molecule has 1 aliphatic heterocycles. The number of esters is 1. The second-order valence-corrected chi connectivity index (χ2v) is 6.39. The van der Waals surface area contributed by atoms with Crippen LogP contribution < -0.4 is 14.8 Å². The zero-order valence-electron chi connectivity index (χ0n) is 16.3. The van der Waals surface area contributed by atoms with Gasteiger partial charge in [0.05, 0.1) is 33.4 Å². The first-order chi connectivity index (χ1) is 13.5. The first-order valence-electron chi connectivity index (χ1n) is 8.89. The summed E-state index contributed by atoms with van der Waals surface area (Å²) in [6.07, 6.45) is 2.24. The van der Waals surface area contributed by atoms with Crippen LogP contribution in [0.25, 0.3) is 0 Å². The van der Waals surface area contributed by atoms with E-state index in [1.165, 1.54) is 7.11 Å². The summed E-state index contributed by atoms with van der Waals surface area (Å²) >= 11 is 0. The maximum Gasteiger partial charge on any atom is 0.328 e. The second kappa shape index (κ2) is 8.20. The SMILES string of the molecule is COC(=O)[C@H](C)NC(=O)N1CCc2[nH]cnc2[C@@H]1c1cccc(OC)c1OC. The minimum Gasteiger partial charge on any atom is -0.493 e. The van der Waals surface area contributed by atoms with Crippen LogP contribution in [-0.2, 0) is 16.0 Å². The van der Waals surface area contributed by atoms with Gasteiger partial charge in [-0.15, -0.1) is 0 Å². The molecule has 28 heavy (non-hydrogen) atoms. The Bertz CT molecular complexity index is 866. The van der Waals surface area contributed by atoms with Crippen molar-refractivity contribution in [3.63, 3.8) is 0 Å². The van der Waals surface area contributed by atoms with Crippen molar-refractivity contribution in [2.75, 3.05) is 27.9 Å². The van der Waals surface area contributed by atoms with E-state index < -0.39 is 18.1 Å². The molecular weight excluding hydrogens is 364 g/mol. The average molecular weight is 388 g/mol. The summed E-state index contributed by atoms with van der Waals surface area (Å²) in [5.74, 6) is 0.581.